The van der Waals surface area contributed by atoms with Gasteiger partial charge in [-0.15, -0.1) is 0 Å². The molecule has 30 heavy (non-hydrogen) atoms. The first-order valence-corrected chi connectivity index (χ1v) is 10.9. The molecule has 1 aromatic carbocycles. The predicted octanol–water partition coefficient (Wildman–Crippen LogP) is 7.03. The van der Waals surface area contributed by atoms with Crippen LogP contribution in [0.2, 0.25) is 0 Å². The molecule has 1 aromatic rings. The molecule has 0 bridgehead atoms. The number of hydrogen-bond acceptors (Lipinski definition) is 3. The van der Waals surface area contributed by atoms with Crippen LogP contribution in [0.5, 0.6) is 0 Å². The summed E-state index contributed by atoms with van der Waals surface area (Å²) in [5, 5.41) is 0.499. The van der Waals surface area contributed by atoms with Gasteiger partial charge in [-0.2, -0.15) is 0 Å². The van der Waals surface area contributed by atoms with Crippen LogP contribution in [0.4, 0.5) is 25.2 Å². The number of hydrogen-bond donors (Lipinski definition) is 0. The van der Waals surface area contributed by atoms with E-state index >= 15 is 0 Å². The van der Waals surface area contributed by atoms with Crippen molar-refractivity contribution >= 4 is 42.2 Å². The van der Waals surface area contributed by atoms with E-state index in [1.54, 1.807) is 37.7 Å². The number of esters is 1. The SMILES string of the molecule is Cc1cc(C)c(C(=O)O/C(C(Cl)=[N+](C)C)=C(\Cl)N(C)C)c(C)c1.F[P-](F)(F)(F)(F)F. The van der Waals surface area contributed by atoms with Crippen molar-refractivity contribution < 1.29 is 39.3 Å². The number of aryl methyl sites for hydroxylation is 3. The molecular formula is C17H23Cl2F6N2O2P. The van der Waals surface area contributed by atoms with Crippen LogP contribution in [0.25, 0.3) is 0 Å². The molecule has 0 atom stereocenters. The van der Waals surface area contributed by atoms with Crippen LogP contribution in [0.1, 0.15) is 27.0 Å². The van der Waals surface area contributed by atoms with Gasteiger partial charge >= 0.3 is 44.1 Å². The summed E-state index contributed by atoms with van der Waals surface area (Å²) in [5.74, 6) is -0.345. The number of allylic oxidation sites excluding steroid dienone is 1. The minimum absolute atomic E-state index is 0.132. The predicted molar refractivity (Wildman–Crippen MR) is 109 cm³/mol. The van der Waals surface area contributed by atoms with Gasteiger partial charge in [0.15, 0.2) is 5.16 Å². The first kappa shape index (κ1) is 28.5. The van der Waals surface area contributed by atoms with Gasteiger partial charge in [0.1, 0.15) is 14.1 Å². The second-order valence-corrected chi connectivity index (χ2v) is 9.45. The summed E-state index contributed by atoms with van der Waals surface area (Å²) >= 11 is 12.5. The summed E-state index contributed by atoms with van der Waals surface area (Å²) in [4.78, 5) is 14.3. The van der Waals surface area contributed by atoms with Crippen LogP contribution in [-0.2, 0) is 4.74 Å². The van der Waals surface area contributed by atoms with Crippen molar-refractivity contribution in [3.05, 3.63) is 45.3 Å². The summed E-state index contributed by atoms with van der Waals surface area (Å²) in [5.41, 5.74) is 3.33. The molecule has 0 amide bonds. The van der Waals surface area contributed by atoms with E-state index < -0.39 is 13.8 Å². The van der Waals surface area contributed by atoms with Crippen LogP contribution < -0.4 is 0 Å². The maximum absolute atomic E-state index is 12.6. The van der Waals surface area contributed by atoms with Gasteiger partial charge in [-0.3, -0.25) is 0 Å². The molecule has 1 rings (SSSR count). The van der Waals surface area contributed by atoms with Crippen molar-refractivity contribution in [2.75, 3.05) is 28.2 Å². The van der Waals surface area contributed by atoms with Gasteiger partial charge < -0.3 is 9.64 Å². The number of benzene rings is 1. The maximum atomic E-state index is 12.6. The van der Waals surface area contributed by atoms with Crippen molar-refractivity contribution in [1.29, 1.82) is 0 Å². The summed E-state index contributed by atoms with van der Waals surface area (Å²) in [6, 6.07) is 3.88. The third kappa shape index (κ3) is 11.6. The fourth-order valence-corrected chi connectivity index (χ4v) is 2.53. The van der Waals surface area contributed by atoms with E-state index in [2.05, 4.69) is 0 Å². The van der Waals surface area contributed by atoms with Gasteiger partial charge in [-0.25, -0.2) is 9.37 Å². The molecule has 0 radical (unpaired) electrons. The Morgan fingerprint density at radius 1 is 0.967 bits per heavy atom. The Kier molecular flexibility index (Phi) is 8.48. The second kappa shape index (κ2) is 8.93. The fraction of sp³-hybridized carbons (Fsp3) is 0.412. The summed E-state index contributed by atoms with van der Waals surface area (Å²) in [6.07, 6.45) is 0. The third-order valence-corrected chi connectivity index (χ3v) is 4.26. The summed E-state index contributed by atoms with van der Waals surface area (Å²) in [7, 11) is -3.66. The second-order valence-electron chi connectivity index (χ2n) is 6.82. The Morgan fingerprint density at radius 3 is 1.63 bits per heavy atom. The molecule has 4 nitrogen and oxygen atoms in total. The van der Waals surface area contributed by atoms with E-state index in [0.717, 1.165) is 16.7 Å². The van der Waals surface area contributed by atoms with Crippen LogP contribution in [0, 0.1) is 20.8 Å². The van der Waals surface area contributed by atoms with E-state index in [1.165, 1.54) is 0 Å². The van der Waals surface area contributed by atoms with Crippen molar-refractivity contribution in [1.82, 2.24) is 4.90 Å². The van der Waals surface area contributed by atoms with E-state index in [1.807, 2.05) is 32.9 Å². The quantitative estimate of drug-likeness (QED) is 0.0842. The van der Waals surface area contributed by atoms with Gasteiger partial charge in [-0.1, -0.05) is 29.3 Å². The zero-order valence-corrected chi connectivity index (χ0v) is 19.7. The Hall–Kier alpha value is -1.51. The van der Waals surface area contributed by atoms with E-state index in [9.17, 15) is 30.0 Å². The molecule has 0 aromatic heterocycles. The van der Waals surface area contributed by atoms with E-state index in [4.69, 9.17) is 27.9 Å². The molecule has 0 heterocycles. The standard InChI is InChI=1S/C17H23Cl2N2O2.F6P/c1-10-8-11(2)13(12(3)9-10)17(22)23-14(15(18)20(4)5)16(19)21(6)7;1-7(2,3,4,5)6/h8-9H,1-7H3;/q+1;-1. The molecule has 0 aliphatic heterocycles. The molecular weight excluding hydrogens is 480 g/mol. The average molecular weight is 503 g/mol. The molecule has 0 fully saturated rings. The van der Waals surface area contributed by atoms with Crippen LogP contribution in [-0.4, -0.2) is 48.8 Å². The molecule has 13 heteroatoms. The zero-order chi connectivity index (χ0) is 24.3. The number of halogens is 8. The van der Waals surface area contributed by atoms with Crippen molar-refractivity contribution in [2.45, 2.75) is 20.8 Å². The topological polar surface area (TPSA) is 32.6 Å². The van der Waals surface area contributed by atoms with Crippen molar-refractivity contribution in [3.63, 3.8) is 0 Å². The molecule has 0 aliphatic rings. The van der Waals surface area contributed by atoms with Crippen molar-refractivity contribution in [3.8, 4) is 0 Å². The van der Waals surface area contributed by atoms with Crippen LogP contribution in [0.15, 0.2) is 23.0 Å². The number of carbonyl (C=O) groups is 1. The Labute approximate surface area is 180 Å². The molecule has 0 spiro atoms. The minimum atomic E-state index is -10.7. The number of carbonyl (C=O) groups excluding carboxylic acids is 1. The Balaban J connectivity index is 0.00000103. The Morgan fingerprint density at radius 2 is 1.33 bits per heavy atom. The van der Waals surface area contributed by atoms with Crippen LogP contribution >= 0.6 is 31.0 Å². The molecule has 0 unspecified atom stereocenters. The zero-order valence-electron chi connectivity index (χ0n) is 17.3. The number of rotatable bonds is 4. The van der Waals surface area contributed by atoms with Crippen molar-refractivity contribution in [2.24, 2.45) is 0 Å². The molecule has 0 saturated heterocycles. The van der Waals surface area contributed by atoms with Gasteiger partial charge in [0.2, 0.25) is 5.76 Å². The van der Waals surface area contributed by atoms with Crippen LogP contribution in [0.3, 0.4) is 0 Å². The average Bonchev–Trinajstić information content (AvgIpc) is 2.46. The van der Waals surface area contributed by atoms with Gasteiger partial charge in [0, 0.05) is 14.1 Å². The Bertz CT molecular complexity index is 859. The molecule has 0 N–H and O–H groups in total. The molecule has 0 aliphatic carbocycles. The number of nitrogens with zero attached hydrogens (tertiary/aromatic N) is 2. The van der Waals surface area contributed by atoms with E-state index in [0.29, 0.717) is 5.56 Å². The first-order chi connectivity index (χ1) is 13.0. The fourth-order valence-electron chi connectivity index (χ4n) is 2.22. The van der Waals surface area contributed by atoms with Gasteiger partial charge in [-0.05, 0) is 43.5 Å². The summed E-state index contributed by atoms with van der Waals surface area (Å²) in [6.45, 7) is 5.75. The summed E-state index contributed by atoms with van der Waals surface area (Å²) < 4.78 is 66.4. The molecule has 0 saturated carbocycles. The third-order valence-electron chi connectivity index (χ3n) is 3.24. The number of ether oxygens (including phenoxy) is 1. The van der Waals surface area contributed by atoms with Gasteiger partial charge in [0.25, 0.3) is 0 Å². The van der Waals surface area contributed by atoms with E-state index in [-0.39, 0.29) is 16.1 Å². The van der Waals surface area contributed by atoms with Gasteiger partial charge in [0.05, 0.1) is 5.56 Å². The monoisotopic (exact) mass is 502 g/mol. The normalized spacial score (nSPS) is 14.4. The molecule has 174 valence electrons. The first-order valence-electron chi connectivity index (χ1n) is 8.15.